The maximum Gasteiger partial charge on any atom is 0.456 e. The first-order chi connectivity index (χ1) is 20.6. The van der Waals surface area contributed by atoms with Crippen molar-refractivity contribution in [3.63, 3.8) is 0 Å². The molecule has 0 heterocycles. The Hall–Kier alpha value is -4.36. The molecule has 0 unspecified atom stereocenters. The summed E-state index contributed by atoms with van der Waals surface area (Å²) in [5.41, 5.74) is 5.56. The number of rotatable bonds is 15. The Morgan fingerprint density at radius 1 is 0.591 bits per heavy atom. The predicted octanol–water partition coefficient (Wildman–Crippen LogP) is 7.28. The van der Waals surface area contributed by atoms with Gasteiger partial charge < -0.3 is 0 Å². The van der Waals surface area contributed by atoms with E-state index in [1.165, 1.54) is 13.8 Å². The van der Waals surface area contributed by atoms with Crippen LogP contribution in [-0.4, -0.2) is 59.9 Å². The largest absolute Gasteiger partial charge is 0.456 e. The Bertz CT molecular complexity index is 1290. The molecule has 2 aromatic rings. The lowest BCUT2D eigenvalue weighted by Crippen LogP contribution is -2.35. The molecule has 0 amide bonds. The highest BCUT2D eigenvalue weighted by Crippen LogP contribution is 2.19. The number of ketones is 2. The number of nitrogens with zero attached hydrogens (tertiary/aromatic N) is 4. The Balaban J connectivity index is 1.93. The summed E-state index contributed by atoms with van der Waals surface area (Å²) in [5.74, 6) is -4.24. The molecular weight excluding hydrogens is 590 g/mol. The first-order valence-electron chi connectivity index (χ1n) is 13.7. The summed E-state index contributed by atoms with van der Waals surface area (Å²) < 4.78 is 78.8. The van der Waals surface area contributed by atoms with Gasteiger partial charge >= 0.3 is 12.4 Å². The third-order valence-electron chi connectivity index (χ3n) is 6.09. The Morgan fingerprint density at radius 2 is 0.909 bits per heavy atom. The van der Waals surface area contributed by atoms with E-state index in [9.17, 15) is 35.9 Å². The highest BCUT2D eigenvalue weighted by atomic mass is 19.4. The van der Waals surface area contributed by atoms with Crippen LogP contribution in [0.1, 0.15) is 50.7 Å². The van der Waals surface area contributed by atoms with Gasteiger partial charge in [0.1, 0.15) is 0 Å². The zero-order chi connectivity index (χ0) is 32.9. The van der Waals surface area contributed by atoms with Crippen LogP contribution in [0.25, 0.3) is 0 Å². The summed E-state index contributed by atoms with van der Waals surface area (Å²) in [6, 6.07) is 13.4. The van der Waals surface area contributed by atoms with Crippen molar-refractivity contribution in [2.24, 2.45) is 20.2 Å². The summed E-state index contributed by atoms with van der Waals surface area (Å²) >= 11 is 0. The van der Waals surface area contributed by atoms with Crippen LogP contribution < -0.4 is 10.9 Å². The standard InChI is InChI=1S/C30H34F6N6O2/c1-19-9-13-23(14-10-19)39-41-25(27(43)29(31,32)33)21(3)37-17-7-5-6-8-18-38-22(4)26(28(44)30(34,35)36)42-40-24-15-11-20(2)12-16-24/h9-16,39-40H,5-8,17-18H2,1-4H3/b37-21?,38-22?,41-25-,42-26-. The van der Waals surface area contributed by atoms with E-state index in [0.717, 1.165) is 11.1 Å². The molecule has 44 heavy (non-hydrogen) atoms. The van der Waals surface area contributed by atoms with Gasteiger partial charge in [0.25, 0.3) is 11.6 Å². The van der Waals surface area contributed by atoms with Crippen LogP contribution in [0.2, 0.25) is 0 Å². The van der Waals surface area contributed by atoms with Crippen LogP contribution in [0.5, 0.6) is 0 Å². The number of hydrazone groups is 2. The van der Waals surface area contributed by atoms with E-state index >= 15 is 0 Å². The molecule has 14 heteroatoms. The number of Topliss-reactive ketones (excluding diaryl/α,β-unsaturated/α-hetero) is 2. The van der Waals surface area contributed by atoms with Crippen molar-refractivity contribution in [2.75, 3.05) is 23.9 Å². The van der Waals surface area contributed by atoms with Crippen molar-refractivity contribution in [1.82, 2.24) is 0 Å². The van der Waals surface area contributed by atoms with Gasteiger partial charge in [0, 0.05) is 13.1 Å². The van der Waals surface area contributed by atoms with Crippen molar-refractivity contribution >= 4 is 45.8 Å². The second-order valence-corrected chi connectivity index (χ2v) is 9.88. The topological polar surface area (TPSA) is 108 Å². The average molecular weight is 625 g/mol. The lowest BCUT2D eigenvalue weighted by Gasteiger charge is -2.10. The Morgan fingerprint density at radius 3 is 1.20 bits per heavy atom. The highest BCUT2D eigenvalue weighted by Gasteiger charge is 2.43. The van der Waals surface area contributed by atoms with Crippen molar-refractivity contribution in [2.45, 2.75) is 65.7 Å². The third kappa shape index (κ3) is 12.1. The maximum atomic E-state index is 13.1. The van der Waals surface area contributed by atoms with Gasteiger partial charge in [-0.1, -0.05) is 48.2 Å². The van der Waals surface area contributed by atoms with Gasteiger partial charge in [0.05, 0.1) is 22.8 Å². The molecule has 0 saturated heterocycles. The van der Waals surface area contributed by atoms with E-state index < -0.39 is 35.3 Å². The van der Waals surface area contributed by atoms with Crippen molar-refractivity contribution in [1.29, 1.82) is 0 Å². The first-order valence-corrected chi connectivity index (χ1v) is 13.7. The molecule has 0 aliphatic heterocycles. The number of unbranched alkanes of at least 4 members (excludes halogenated alkanes) is 3. The van der Waals surface area contributed by atoms with Crippen LogP contribution in [0.15, 0.2) is 68.7 Å². The van der Waals surface area contributed by atoms with Crippen LogP contribution in [-0.2, 0) is 9.59 Å². The molecule has 0 bridgehead atoms. The summed E-state index contributed by atoms with van der Waals surface area (Å²) in [6.45, 7) is 6.48. The number of benzene rings is 2. The zero-order valence-electron chi connectivity index (χ0n) is 24.7. The van der Waals surface area contributed by atoms with Crippen LogP contribution in [0.4, 0.5) is 37.7 Å². The monoisotopic (exact) mass is 624 g/mol. The van der Waals surface area contributed by atoms with Gasteiger partial charge in [-0.25, -0.2) is 0 Å². The van der Waals surface area contributed by atoms with E-state index in [1.54, 1.807) is 48.5 Å². The number of hydrogen-bond acceptors (Lipinski definition) is 8. The number of anilines is 2. The Labute approximate surface area is 251 Å². The van der Waals surface area contributed by atoms with Gasteiger partial charge in [-0.15, -0.1) is 0 Å². The number of halogens is 6. The number of carbonyl (C=O) groups excluding carboxylic acids is 2. The van der Waals surface area contributed by atoms with Crippen molar-refractivity contribution < 1.29 is 35.9 Å². The van der Waals surface area contributed by atoms with Crippen LogP contribution in [0, 0.1) is 13.8 Å². The second-order valence-electron chi connectivity index (χ2n) is 9.88. The second kappa shape index (κ2) is 16.5. The molecule has 0 aliphatic rings. The lowest BCUT2D eigenvalue weighted by molar-refractivity contribution is -0.162. The molecule has 8 nitrogen and oxygen atoms in total. The summed E-state index contributed by atoms with van der Waals surface area (Å²) in [5, 5.41) is 7.33. The van der Waals surface area contributed by atoms with Crippen molar-refractivity contribution in [3.05, 3.63) is 59.7 Å². The predicted molar refractivity (Wildman–Crippen MR) is 161 cm³/mol. The summed E-state index contributed by atoms with van der Waals surface area (Å²) in [7, 11) is 0. The fourth-order valence-corrected chi connectivity index (χ4v) is 3.58. The highest BCUT2D eigenvalue weighted by molar-refractivity contribution is 6.68. The number of aliphatic imine (C=N–C) groups is 2. The number of hydrogen-bond donors (Lipinski definition) is 2. The van der Waals surface area contributed by atoms with Gasteiger partial charge in [-0.05, 0) is 64.8 Å². The fraction of sp³-hybridized carbons (Fsp3) is 0.400. The number of nitrogens with one attached hydrogen (secondary N) is 2. The number of alkyl halides is 6. The molecule has 0 fully saturated rings. The molecule has 0 saturated carbocycles. The smallest absolute Gasteiger partial charge is 0.288 e. The van der Waals surface area contributed by atoms with Gasteiger partial charge in [-0.3, -0.25) is 30.4 Å². The fourth-order valence-electron chi connectivity index (χ4n) is 3.58. The average Bonchev–Trinajstić information content (AvgIpc) is 2.95. The minimum atomic E-state index is -5.13. The molecule has 0 aromatic heterocycles. The molecule has 0 atom stereocenters. The van der Waals surface area contributed by atoms with Crippen molar-refractivity contribution in [3.8, 4) is 0 Å². The number of carbonyl (C=O) groups is 2. The molecule has 238 valence electrons. The van der Waals surface area contributed by atoms with Crippen LogP contribution >= 0.6 is 0 Å². The number of aryl methyl sites for hydroxylation is 2. The molecule has 2 rings (SSSR count). The van der Waals surface area contributed by atoms with E-state index in [2.05, 4.69) is 31.0 Å². The van der Waals surface area contributed by atoms with Gasteiger partial charge in [-0.2, -0.15) is 36.5 Å². The van der Waals surface area contributed by atoms with E-state index in [-0.39, 0.29) is 24.5 Å². The zero-order valence-corrected chi connectivity index (χ0v) is 24.7. The summed E-state index contributed by atoms with van der Waals surface area (Å²) in [4.78, 5) is 32.0. The van der Waals surface area contributed by atoms with E-state index in [4.69, 9.17) is 0 Å². The SMILES string of the molecule is CC(=NCCCCCCN=C(C)/C(=N/Nc1ccc(C)cc1)C(=O)C(F)(F)F)/C(=N/Nc1ccc(C)cc1)C(=O)C(F)(F)F. The first kappa shape index (κ1) is 35.8. The lowest BCUT2D eigenvalue weighted by atomic mass is 10.1. The molecular formula is C30H34F6N6O2. The molecule has 2 aromatic carbocycles. The normalized spacial score (nSPS) is 13.6. The van der Waals surface area contributed by atoms with Crippen LogP contribution in [0.3, 0.4) is 0 Å². The van der Waals surface area contributed by atoms with Gasteiger partial charge in [0.15, 0.2) is 11.4 Å². The molecule has 0 aliphatic carbocycles. The molecule has 0 radical (unpaired) electrons. The minimum Gasteiger partial charge on any atom is -0.288 e. The van der Waals surface area contributed by atoms with E-state index in [0.29, 0.717) is 37.1 Å². The maximum absolute atomic E-state index is 13.1. The molecule has 0 spiro atoms. The quantitative estimate of drug-likeness (QED) is 0.0940. The molecule has 2 N–H and O–H groups in total. The Kier molecular flexibility index (Phi) is 13.4. The third-order valence-corrected chi connectivity index (χ3v) is 6.09. The minimum absolute atomic E-state index is 0.129. The van der Waals surface area contributed by atoms with Gasteiger partial charge in [0.2, 0.25) is 0 Å². The van der Waals surface area contributed by atoms with E-state index in [1.807, 2.05) is 13.8 Å². The summed E-state index contributed by atoms with van der Waals surface area (Å²) in [6.07, 6.45) is -8.14.